The Morgan fingerprint density at radius 3 is 2.49 bits per heavy atom. The van der Waals surface area contributed by atoms with Crippen LogP contribution in [0.25, 0.3) is 0 Å². The average Bonchev–Trinajstić information content (AvgIpc) is 3.67. The molecule has 0 fully saturated rings. The number of Topliss-reactive ketones (excluding diaryl/α,β-unsaturated/α-hetero) is 1. The van der Waals surface area contributed by atoms with Crippen LogP contribution in [0.3, 0.4) is 0 Å². The fourth-order valence-electron chi connectivity index (χ4n) is 4.36. The van der Waals surface area contributed by atoms with Crippen molar-refractivity contribution in [3.63, 3.8) is 0 Å². The molecule has 1 atom stereocenters. The number of rotatable bonds is 11. The number of hydrogen-bond acceptors (Lipinski definition) is 10. The molecule has 41 heavy (non-hydrogen) atoms. The Balaban J connectivity index is 1.53. The first-order valence-electron chi connectivity index (χ1n) is 12.8. The van der Waals surface area contributed by atoms with Crippen LogP contribution < -0.4 is 14.4 Å². The lowest BCUT2D eigenvalue weighted by Gasteiger charge is -2.24. The van der Waals surface area contributed by atoms with Gasteiger partial charge in [-0.2, -0.15) is 0 Å². The number of benzene rings is 2. The number of halogens is 1. The second kappa shape index (κ2) is 12.4. The van der Waals surface area contributed by atoms with E-state index in [0.29, 0.717) is 51.2 Å². The number of aliphatic hydroxyl groups excluding tert-OH is 1. The van der Waals surface area contributed by atoms with E-state index in [-0.39, 0.29) is 16.5 Å². The van der Waals surface area contributed by atoms with Gasteiger partial charge >= 0.3 is 0 Å². The van der Waals surface area contributed by atoms with Gasteiger partial charge in [-0.05, 0) is 68.3 Å². The smallest absolute Gasteiger partial charge is 0.296 e. The van der Waals surface area contributed by atoms with Crippen molar-refractivity contribution in [2.75, 3.05) is 18.1 Å². The Hall–Kier alpha value is -3.80. The van der Waals surface area contributed by atoms with Crippen LogP contribution in [0.1, 0.15) is 47.3 Å². The van der Waals surface area contributed by atoms with E-state index < -0.39 is 23.5 Å². The van der Waals surface area contributed by atoms with Crippen molar-refractivity contribution in [1.29, 1.82) is 0 Å². The lowest BCUT2D eigenvalue weighted by molar-refractivity contribution is -0.117. The molecular weight excluding hydrogens is 586 g/mol. The zero-order chi connectivity index (χ0) is 29.1. The van der Waals surface area contributed by atoms with Crippen molar-refractivity contribution in [2.45, 2.75) is 36.9 Å². The molecule has 0 spiro atoms. The SMILES string of the molecule is CCOc1ccc(C2C(C(=O)c3ccc(C)o3)=C(O)C(=O)N2c2nnc(SCc3ccc(Cl)cc3)s2)cc1OCC. The first kappa shape index (κ1) is 28.7. The fraction of sp³-hybridized carbons (Fsp3) is 0.241. The van der Waals surface area contributed by atoms with Gasteiger partial charge in [0, 0.05) is 10.8 Å². The summed E-state index contributed by atoms with van der Waals surface area (Å²) in [6.07, 6.45) is 0. The highest BCUT2D eigenvalue weighted by atomic mass is 35.5. The van der Waals surface area contributed by atoms with Gasteiger partial charge < -0.3 is 19.0 Å². The first-order chi connectivity index (χ1) is 19.8. The number of thioether (sulfide) groups is 1. The highest BCUT2D eigenvalue weighted by molar-refractivity contribution is 8.00. The van der Waals surface area contributed by atoms with E-state index in [9.17, 15) is 14.7 Å². The topological polar surface area (TPSA) is 115 Å². The fourth-order valence-corrected chi connectivity index (χ4v) is 6.31. The molecule has 0 aliphatic carbocycles. The Labute approximate surface area is 249 Å². The summed E-state index contributed by atoms with van der Waals surface area (Å²) in [4.78, 5) is 28.5. The van der Waals surface area contributed by atoms with Crippen molar-refractivity contribution >= 4 is 51.5 Å². The molecule has 12 heteroatoms. The Morgan fingerprint density at radius 1 is 1.07 bits per heavy atom. The summed E-state index contributed by atoms with van der Waals surface area (Å²) < 4.78 is 17.7. The zero-order valence-electron chi connectivity index (χ0n) is 22.4. The molecule has 1 aliphatic heterocycles. The molecule has 0 saturated heterocycles. The number of hydrogen-bond donors (Lipinski definition) is 1. The molecule has 4 aromatic rings. The van der Waals surface area contributed by atoms with Crippen LogP contribution in [0.5, 0.6) is 11.5 Å². The molecule has 0 bridgehead atoms. The summed E-state index contributed by atoms with van der Waals surface area (Å²) in [5, 5.41) is 20.5. The van der Waals surface area contributed by atoms with Crippen LogP contribution in [-0.2, 0) is 10.5 Å². The van der Waals surface area contributed by atoms with E-state index in [1.54, 1.807) is 31.2 Å². The number of carbonyl (C=O) groups excluding carboxylic acids is 2. The van der Waals surface area contributed by atoms with Gasteiger partial charge in [0.25, 0.3) is 5.91 Å². The van der Waals surface area contributed by atoms with Crippen molar-refractivity contribution in [1.82, 2.24) is 10.2 Å². The largest absolute Gasteiger partial charge is 0.503 e. The minimum absolute atomic E-state index is 0.0103. The first-order valence-corrected chi connectivity index (χ1v) is 15.0. The molecule has 2 aromatic carbocycles. The van der Waals surface area contributed by atoms with Gasteiger partial charge in [0.2, 0.25) is 10.9 Å². The maximum Gasteiger partial charge on any atom is 0.296 e. The summed E-state index contributed by atoms with van der Waals surface area (Å²) in [6, 6.07) is 14.8. The molecule has 212 valence electrons. The van der Waals surface area contributed by atoms with Gasteiger partial charge in [0.1, 0.15) is 5.76 Å². The van der Waals surface area contributed by atoms with E-state index in [1.807, 2.05) is 38.1 Å². The predicted octanol–water partition coefficient (Wildman–Crippen LogP) is 6.97. The Bertz CT molecular complexity index is 1610. The zero-order valence-corrected chi connectivity index (χ0v) is 24.8. The third kappa shape index (κ3) is 5.97. The van der Waals surface area contributed by atoms with E-state index in [4.69, 9.17) is 25.5 Å². The van der Waals surface area contributed by atoms with Crippen LogP contribution in [-0.4, -0.2) is 40.2 Å². The summed E-state index contributed by atoms with van der Waals surface area (Å²) >= 11 is 8.62. The van der Waals surface area contributed by atoms with Gasteiger partial charge in [-0.15, -0.1) is 10.2 Å². The summed E-state index contributed by atoms with van der Waals surface area (Å²) in [6.45, 7) is 6.22. The van der Waals surface area contributed by atoms with Gasteiger partial charge in [0.05, 0.1) is 24.8 Å². The number of aryl methyl sites for hydroxylation is 1. The molecule has 2 aromatic heterocycles. The number of carbonyl (C=O) groups is 2. The van der Waals surface area contributed by atoms with Gasteiger partial charge in [-0.3, -0.25) is 14.5 Å². The summed E-state index contributed by atoms with van der Waals surface area (Å²) in [7, 11) is 0. The van der Waals surface area contributed by atoms with E-state index in [2.05, 4.69) is 10.2 Å². The van der Waals surface area contributed by atoms with Crippen LogP contribution in [0.2, 0.25) is 5.02 Å². The van der Waals surface area contributed by atoms with Crippen molar-refractivity contribution in [3.05, 3.63) is 93.6 Å². The molecule has 1 amide bonds. The predicted molar refractivity (Wildman–Crippen MR) is 157 cm³/mol. The molecule has 1 aliphatic rings. The number of furan rings is 1. The molecule has 1 N–H and O–H groups in total. The van der Waals surface area contributed by atoms with E-state index >= 15 is 0 Å². The highest BCUT2D eigenvalue weighted by Gasteiger charge is 2.47. The van der Waals surface area contributed by atoms with Gasteiger partial charge in [0.15, 0.2) is 27.4 Å². The number of amides is 1. The van der Waals surface area contributed by atoms with Gasteiger partial charge in [-0.1, -0.05) is 52.9 Å². The Kier molecular flexibility index (Phi) is 8.67. The lowest BCUT2D eigenvalue weighted by Crippen LogP contribution is -2.31. The monoisotopic (exact) mass is 611 g/mol. The van der Waals surface area contributed by atoms with Crippen molar-refractivity contribution in [3.8, 4) is 11.5 Å². The second-order valence-electron chi connectivity index (χ2n) is 8.92. The highest BCUT2D eigenvalue weighted by Crippen LogP contribution is 2.45. The lowest BCUT2D eigenvalue weighted by atomic mass is 9.95. The normalized spacial score (nSPS) is 15.1. The number of aromatic nitrogens is 2. The molecule has 0 saturated carbocycles. The summed E-state index contributed by atoms with van der Waals surface area (Å²) in [5.74, 6) is 0.0745. The maximum absolute atomic E-state index is 13.7. The maximum atomic E-state index is 13.7. The molecule has 5 rings (SSSR count). The van der Waals surface area contributed by atoms with Crippen LogP contribution in [0, 0.1) is 6.92 Å². The molecular formula is C29H26ClN3O6S2. The number of nitrogens with zero attached hydrogens (tertiary/aromatic N) is 3. The third-order valence-corrected chi connectivity index (χ3v) is 8.56. The standard InChI is InChI=1S/C29H26ClN3O6S2/c1-4-37-20-13-9-18(14-22(20)38-5-2)24-23(25(34)21-12-6-16(3)39-21)26(35)27(36)33(24)28-31-32-29(41-28)40-15-17-7-10-19(30)11-8-17/h6-14,24,35H,4-5,15H2,1-3H3. The number of ketones is 1. The quantitative estimate of drug-likeness (QED) is 0.109. The second-order valence-corrected chi connectivity index (χ2v) is 11.5. The van der Waals surface area contributed by atoms with E-state index in [1.165, 1.54) is 34.1 Å². The van der Waals surface area contributed by atoms with Crippen molar-refractivity contribution in [2.24, 2.45) is 0 Å². The van der Waals surface area contributed by atoms with E-state index in [0.717, 1.165) is 5.56 Å². The van der Waals surface area contributed by atoms with Crippen molar-refractivity contribution < 1.29 is 28.6 Å². The summed E-state index contributed by atoms with van der Waals surface area (Å²) in [5.41, 5.74) is 1.44. The van der Waals surface area contributed by atoms with Gasteiger partial charge in [-0.25, -0.2) is 0 Å². The number of aliphatic hydroxyl groups is 1. The number of anilines is 1. The Morgan fingerprint density at radius 2 is 1.80 bits per heavy atom. The average molecular weight is 612 g/mol. The molecule has 3 heterocycles. The minimum atomic E-state index is -1.02. The molecule has 1 unspecified atom stereocenters. The number of ether oxygens (including phenoxy) is 2. The van der Waals surface area contributed by atoms with Crippen LogP contribution in [0.15, 0.2) is 74.7 Å². The molecule has 0 radical (unpaired) electrons. The molecule has 9 nitrogen and oxygen atoms in total. The van der Waals surface area contributed by atoms with Crippen LogP contribution >= 0.6 is 34.7 Å². The van der Waals surface area contributed by atoms with Crippen LogP contribution in [0.4, 0.5) is 5.13 Å². The third-order valence-electron chi connectivity index (χ3n) is 6.18. The minimum Gasteiger partial charge on any atom is -0.503 e.